The van der Waals surface area contributed by atoms with Crippen LogP contribution in [0.3, 0.4) is 0 Å². The van der Waals surface area contributed by atoms with E-state index in [2.05, 4.69) is 15.3 Å². The number of carbonyl (C=O) groups excluding carboxylic acids is 1. The van der Waals surface area contributed by atoms with E-state index in [-0.39, 0.29) is 5.91 Å². The van der Waals surface area contributed by atoms with Gasteiger partial charge in [0.05, 0.1) is 23.4 Å². The highest BCUT2D eigenvalue weighted by Crippen LogP contribution is 2.15. The first-order valence-electron chi connectivity index (χ1n) is 7.09. The summed E-state index contributed by atoms with van der Waals surface area (Å²) < 4.78 is 5.66. The maximum absolute atomic E-state index is 12.2. The average molecular weight is 325 g/mol. The summed E-state index contributed by atoms with van der Waals surface area (Å²) in [5.74, 6) is 0.484. The van der Waals surface area contributed by atoms with Gasteiger partial charge >= 0.3 is 0 Å². The van der Waals surface area contributed by atoms with Gasteiger partial charge in [0.25, 0.3) is 5.91 Å². The van der Waals surface area contributed by atoms with Gasteiger partial charge in [-0.25, -0.2) is 4.98 Å². The predicted molar refractivity (Wildman–Crippen MR) is 88.3 cm³/mol. The van der Waals surface area contributed by atoms with Crippen molar-refractivity contribution in [1.82, 2.24) is 15.3 Å². The fourth-order valence-electron chi connectivity index (χ4n) is 1.97. The molecule has 0 aliphatic rings. The van der Waals surface area contributed by atoms with Crippen molar-refractivity contribution in [3.8, 4) is 5.75 Å². The Morgan fingerprint density at radius 2 is 2.09 bits per heavy atom. The molecule has 2 aromatic heterocycles. The summed E-state index contributed by atoms with van der Waals surface area (Å²) in [6.07, 6.45) is 1.70. The van der Waals surface area contributed by atoms with Crippen molar-refractivity contribution in [2.45, 2.75) is 13.2 Å². The quantitative estimate of drug-likeness (QED) is 0.756. The van der Waals surface area contributed by atoms with E-state index in [1.54, 1.807) is 29.9 Å². The van der Waals surface area contributed by atoms with Crippen LogP contribution in [0.4, 0.5) is 0 Å². The Balaban J connectivity index is 1.58. The van der Waals surface area contributed by atoms with Crippen molar-refractivity contribution >= 4 is 17.2 Å². The standard InChI is InChI=1S/C17H15N3O2S/c21-17(19-9-14-5-1-2-7-18-14)13-4-3-6-16(8-13)22-10-15-11-23-12-20-15/h1-8,11-12H,9-10H2,(H,19,21). The number of aromatic nitrogens is 2. The molecule has 1 N–H and O–H groups in total. The number of pyridine rings is 1. The minimum atomic E-state index is -0.158. The first kappa shape index (κ1) is 15.2. The molecule has 2 heterocycles. The predicted octanol–water partition coefficient (Wildman–Crippen LogP) is 3.05. The molecule has 3 rings (SSSR count). The molecule has 0 unspecified atom stereocenters. The van der Waals surface area contributed by atoms with Crippen molar-refractivity contribution in [2.24, 2.45) is 0 Å². The Morgan fingerprint density at radius 3 is 2.87 bits per heavy atom. The number of thiazole rings is 1. The Bertz CT molecular complexity index is 761. The number of benzene rings is 1. The number of rotatable bonds is 6. The monoisotopic (exact) mass is 325 g/mol. The van der Waals surface area contributed by atoms with Gasteiger partial charge in [0.2, 0.25) is 0 Å². The number of amides is 1. The Morgan fingerprint density at radius 1 is 1.13 bits per heavy atom. The first-order chi connectivity index (χ1) is 11.3. The van der Waals surface area contributed by atoms with E-state index < -0.39 is 0 Å². The molecule has 0 atom stereocenters. The van der Waals surface area contributed by atoms with Crippen molar-refractivity contribution in [1.29, 1.82) is 0 Å². The summed E-state index contributed by atoms with van der Waals surface area (Å²) in [7, 11) is 0. The third-order valence-electron chi connectivity index (χ3n) is 3.12. The fourth-order valence-corrected chi connectivity index (χ4v) is 2.51. The second-order valence-electron chi connectivity index (χ2n) is 4.80. The lowest BCUT2D eigenvalue weighted by Crippen LogP contribution is -2.23. The molecule has 0 bridgehead atoms. The molecule has 0 saturated carbocycles. The van der Waals surface area contributed by atoms with Gasteiger partial charge in [-0.3, -0.25) is 9.78 Å². The van der Waals surface area contributed by atoms with Crippen molar-refractivity contribution in [3.63, 3.8) is 0 Å². The van der Waals surface area contributed by atoms with Gasteiger partial charge in [-0.15, -0.1) is 11.3 Å². The fraction of sp³-hybridized carbons (Fsp3) is 0.118. The smallest absolute Gasteiger partial charge is 0.251 e. The summed E-state index contributed by atoms with van der Waals surface area (Å²) >= 11 is 1.53. The molecular weight excluding hydrogens is 310 g/mol. The van der Waals surface area contributed by atoms with E-state index in [1.807, 2.05) is 29.6 Å². The van der Waals surface area contributed by atoms with Crippen molar-refractivity contribution < 1.29 is 9.53 Å². The van der Waals surface area contributed by atoms with Crippen LogP contribution in [0.2, 0.25) is 0 Å². The van der Waals surface area contributed by atoms with Crippen LogP contribution in [0.25, 0.3) is 0 Å². The molecule has 0 fully saturated rings. The maximum atomic E-state index is 12.2. The molecule has 1 amide bonds. The van der Waals surface area contributed by atoms with E-state index in [1.165, 1.54) is 11.3 Å². The van der Waals surface area contributed by atoms with Crippen molar-refractivity contribution in [3.05, 3.63) is 76.5 Å². The number of carbonyl (C=O) groups is 1. The van der Waals surface area contributed by atoms with Gasteiger partial charge in [-0.05, 0) is 30.3 Å². The van der Waals surface area contributed by atoms with Gasteiger partial charge in [-0.1, -0.05) is 12.1 Å². The van der Waals surface area contributed by atoms with Gasteiger partial charge in [-0.2, -0.15) is 0 Å². The molecule has 0 spiro atoms. The van der Waals surface area contributed by atoms with E-state index in [9.17, 15) is 4.79 Å². The van der Waals surface area contributed by atoms with Crippen LogP contribution in [0, 0.1) is 0 Å². The number of hydrogen-bond acceptors (Lipinski definition) is 5. The summed E-state index contributed by atoms with van der Waals surface area (Å²) in [6, 6.07) is 12.7. The zero-order chi connectivity index (χ0) is 15.9. The van der Waals surface area contributed by atoms with Gasteiger partial charge < -0.3 is 10.1 Å². The zero-order valence-electron chi connectivity index (χ0n) is 12.3. The molecule has 23 heavy (non-hydrogen) atoms. The Hall–Kier alpha value is -2.73. The highest BCUT2D eigenvalue weighted by atomic mass is 32.1. The summed E-state index contributed by atoms with van der Waals surface area (Å²) in [5.41, 5.74) is 4.01. The molecular formula is C17H15N3O2S. The van der Waals surface area contributed by atoms with Crippen LogP contribution in [-0.2, 0) is 13.2 Å². The van der Waals surface area contributed by atoms with E-state index in [0.717, 1.165) is 11.4 Å². The van der Waals surface area contributed by atoms with E-state index >= 15 is 0 Å². The van der Waals surface area contributed by atoms with Crippen LogP contribution in [0.15, 0.2) is 59.6 Å². The van der Waals surface area contributed by atoms with E-state index in [0.29, 0.717) is 24.5 Å². The SMILES string of the molecule is O=C(NCc1ccccn1)c1cccc(OCc2cscn2)c1. The van der Waals surface area contributed by atoms with Gasteiger partial charge in [0, 0.05) is 17.1 Å². The average Bonchev–Trinajstić information content (AvgIpc) is 3.12. The van der Waals surface area contributed by atoms with Crippen LogP contribution in [0.5, 0.6) is 5.75 Å². The first-order valence-corrected chi connectivity index (χ1v) is 8.03. The van der Waals surface area contributed by atoms with Crippen LogP contribution in [-0.4, -0.2) is 15.9 Å². The number of ether oxygens (including phenoxy) is 1. The molecule has 116 valence electrons. The van der Waals surface area contributed by atoms with Crippen LogP contribution < -0.4 is 10.1 Å². The Labute approximate surface area is 138 Å². The summed E-state index contributed by atoms with van der Waals surface area (Å²) in [4.78, 5) is 20.5. The summed E-state index contributed by atoms with van der Waals surface area (Å²) in [6.45, 7) is 0.784. The number of nitrogens with one attached hydrogen (secondary N) is 1. The third-order valence-corrected chi connectivity index (χ3v) is 3.76. The highest BCUT2D eigenvalue weighted by Gasteiger charge is 2.07. The number of nitrogens with zero attached hydrogens (tertiary/aromatic N) is 2. The minimum absolute atomic E-state index is 0.158. The second kappa shape index (κ2) is 7.51. The lowest BCUT2D eigenvalue weighted by atomic mass is 10.2. The van der Waals surface area contributed by atoms with Gasteiger partial charge in [0.1, 0.15) is 12.4 Å². The normalized spacial score (nSPS) is 10.3. The molecule has 5 nitrogen and oxygen atoms in total. The van der Waals surface area contributed by atoms with Crippen molar-refractivity contribution in [2.75, 3.05) is 0 Å². The van der Waals surface area contributed by atoms with Crippen LogP contribution in [0.1, 0.15) is 21.7 Å². The molecule has 3 aromatic rings. The van der Waals surface area contributed by atoms with Crippen LogP contribution >= 0.6 is 11.3 Å². The third kappa shape index (κ3) is 4.37. The lowest BCUT2D eigenvalue weighted by molar-refractivity contribution is 0.0950. The molecule has 0 radical (unpaired) electrons. The maximum Gasteiger partial charge on any atom is 0.251 e. The Kier molecular flexibility index (Phi) is 4.95. The molecule has 0 aliphatic heterocycles. The zero-order valence-corrected chi connectivity index (χ0v) is 13.1. The second-order valence-corrected chi connectivity index (χ2v) is 5.52. The highest BCUT2D eigenvalue weighted by molar-refractivity contribution is 7.07. The topological polar surface area (TPSA) is 64.1 Å². The lowest BCUT2D eigenvalue weighted by Gasteiger charge is -2.08. The molecule has 0 saturated heterocycles. The minimum Gasteiger partial charge on any atom is -0.487 e. The summed E-state index contributed by atoms with van der Waals surface area (Å²) in [5, 5.41) is 4.78. The van der Waals surface area contributed by atoms with Gasteiger partial charge in [0.15, 0.2) is 0 Å². The van der Waals surface area contributed by atoms with E-state index in [4.69, 9.17) is 4.74 Å². The largest absolute Gasteiger partial charge is 0.487 e. The number of hydrogen-bond donors (Lipinski definition) is 1. The molecule has 1 aromatic carbocycles. The molecule has 6 heteroatoms. The molecule has 0 aliphatic carbocycles.